The minimum atomic E-state index is -0.354. The molecule has 0 atom stereocenters. The second kappa shape index (κ2) is 2.83. The Morgan fingerprint density at radius 1 is 1.67 bits per heavy atom. The molecule has 0 bridgehead atoms. The predicted octanol–water partition coefficient (Wildman–Crippen LogP) is 2.36. The van der Waals surface area contributed by atoms with Gasteiger partial charge in [-0.05, 0) is 0 Å². The molecule has 9 heavy (non-hydrogen) atoms. The van der Waals surface area contributed by atoms with Crippen molar-refractivity contribution in [1.82, 2.24) is 0 Å². The molecule has 0 N–H and O–H groups in total. The molecule has 0 aromatic heterocycles. The summed E-state index contributed by atoms with van der Waals surface area (Å²) in [6, 6.07) is 7.27. The van der Waals surface area contributed by atoms with Crippen molar-refractivity contribution in [2.24, 2.45) is 0 Å². The molecule has 0 amide bonds. The summed E-state index contributed by atoms with van der Waals surface area (Å²) in [5.74, 6) is -0.143. The van der Waals surface area contributed by atoms with E-state index in [9.17, 15) is 4.39 Å². The molecule has 0 aliphatic heterocycles. The first-order valence-corrected chi connectivity index (χ1v) is 3.09. The van der Waals surface area contributed by atoms with Crippen molar-refractivity contribution in [3.05, 3.63) is 35.6 Å². The molecule has 0 aliphatic rings. The normalized spacial score (nSPS) is 9.56. The van der Waals surface area contributed by atoms with Crippen molar-refractivity contribution in [2.75, 3.05) is 0 Å². The Morgan fingerprint density at radius 2 is 2.44 bits per heavy atom. The van der Waals surface area contributed by atoms with Crippen molar-refractivity contribution in [3.8, 4) is 0 Å². The van der Waals surface area contributed by atoms with Gasteiger partial charge in [0.15, 0.2) is 0 Å². The number of halogens is 2. The van der Waals surface area contributed by atoms with Crippen LogP contribution in [0.15, 0.2) is 18.2 Å². The maximum Gasteiger partial charge on any atom is 0.135 e. The molecule has 1 rings (SSSR count). The molecule has 0 unspecified atom stereocenters. The zero-order valence-electron chi connectivity index (χ0n) is 4.70. The Balaban J connectivity index is 3.01. The Kier molecular flexibility index (Phi) is 2.06. The summed E-state index contributed by atoms with van der Waals surface area (Å²) < 4.78 is 12.4. The van der Waals surface area contributed by atoms with E-state index in [1.807, 2.05) is 0 Å². The number of alkyl halides is 1. The minimum absolute atomic E-state index is 0.211. The average Bonchev–Trinajstić information content (AvgIpc) is 1.89. The molecule has 1 aromatic rings. The molecule has 0 fully saturated rings. The summed E-state index contributed by atoms with van der Waals surface area (Å²) in [4.78, 5) is 0. The maximum absolute atomic E-state index is 12.4. The Labute approximate surface area is 58.3 Å². The van der Waals surface area contributed by atoms with Crippen LogP contribution in [0.5, 0.6) is 0 Å². The van der Waals surface area contributed by atoms with Crippen LogP contribution in [-0.2, 0) is 5.88 Å². The first-order chi connectivity index (χ1) is 4.34. The largest absolute Gasteiger partial charge is 0.206 e. The van der Waals surface area contributed by atoms with E-state index in [4.69, 9.17) is 11.6 Å². The van der Waals surface area contributed by atoms with E-state index in [0.29, 0.717) is 5.56 Å². The molecule has 1 radical (unpaired) electrons. The summed E-state index contributed by atoms with van der Waals surface area (Å²) >= 11 is 5.37. The summed E-state index contributed by atoms with van der Waals surface area (Å²) in [7, 11) is 0. The molecule has 2 heteroatoms. The third-order valence-electron chi connectivity index (χ3n) is 1.03. The lowest BCUT2D eigenvalue weighted by Gasteiger charge is -1.92. The smallest absolute Gasteiger partial charge is 0.135 e. The lowest BCUT2D eigenvalue weighted by molar-refractivity contribution is 0.615. The van der Waals surface area contributed by atoms with Gasteiger partial charge in [-0.15, -0.1) is 11.6 Å². The molecule has 0 aliphatic carbocycles. The van der Waals surface area contributed by atoms with Crippen molar-refractivity contribution in [1.29, 1.82) is 0 Å². The molecular weight excluding hydrogens is 139 g/mol. The third kappa shape index (κ3) is 1.42. The highest BCUT2D eigenvalue weighted by Crippen LogP contribution is 2.07. The molecule has 1 aromatic carbocycles. The standard InChI is InChI=1S/C7H5ClF/c8-5-6-3-1-2-4-7(6)9/h1-3H,5H2. The molecule has 0 saturated carbocycles. The van der Waals surface area contributed by atoms with Gasteiger partial charge in [0.2, 0.25) is 0 Å². The van der Waals surface area contributed by atoms with E-state index in [1.165, 1.54) is 6.07 Å². The molecule has 0 nitrogen and oxygen atoms in total. The van der Waals surface area contributed by atoms with Gasteiger partial charge in [-0.2, -0.15) is 0 Å². The highest BCUT2D eigenvalue weighted by molar-refractivity contribution is 6.17. The SMILES string of the molecule is Fc1[c]cccc1CCl. The van der Waals surface area contributed by atoms with Gasteiger partial charge in [0.05, 0.1) is 5.88 Å². The zero-order chi connectivity index (χ0) is 6.69. The van der Waals surface area contributed by atoms with Gasteiger partial charge >= 0.3 is 0 Å². The number of hydrogen-bond acceptors (Lipinski definition) is 0. The molecule has 0 saturated heterocycles. The highest BCUT2D eigenvalue weighted by atomic mass is 35.5. The fraction of sp³-hybridized carbons (Fsp3) is 0.143. The van der Waals surface area contributed by atoms with Gasteiger partial charge < -0.3 is 0 Å². The Morgan fingerprint density at radius 3 is 2.89 bits per heavy atom. The van der Waals surface area contributed by atoms with Gasteiger partial charge in [0.25, 0.3) is 0 Å². The van der Waals surface area contributed by atoms with Crippen LogP contribution in [0.2, 0.25) is 0 Å². The van der Waals surface area contributed by atoms with Crippen LogP contribution in [0.4, 0.5) is 4.39 Å². The number of rotatable bonds is 1. The van der Waals surface area contributed by atoms with Gasteiger partial charge in [0.1, 0.15) is 5.82 Å². The highest BCUT2D eigenvalue weighted by Gasteiger charge is 1.95. The first kappa shape index (κ1) is 6.56. The van der Waals surface area contributed by atoms with Crippen LogP contribution in [0, 0.1) is 11.9 Å². The van der Waals surface area contributed by atoms with Gasteiger partial charge in [0, 0.05) is 11.6 Å². The third-order valence-corrected chi connectivity index (χ3v) is 1.32. The number of benzene rings is 1. The zero-order valence-corrected chi connectivity index (χ0v) is 5.45. The first-order valence-electron chi connectivity index (χ1n) is 2.55. The van der Waals surface area contributed by atoms with Crippen LogP contribution in [0.1, 0.15) is 5.56 Å². The summed E-state index contributed by atoms with van der Waals surface area (Å²) in [5, 5.41) is 0. The Bertz CT molecular complexity index is 198. The van der Waals surface area contributed by atoms with E-state index < -0.39 is 0 Å². The van der Waals surface area contributed by atoms with Crippen molar-refractivity contribution in [3.63, 3.8) is 0 Å². The summed E-state index contributed by atoms with van der Waals surface area (Å²) in [6.45, 7) is 0. The molecule has 0 heterocycles. The molecule has 0 spiro atoms. The van der Waals surface area contributed by atoms with E-state index in [2.05, 4.69) is 6.07 Å². The second-order valence-corrected chi connectivity index (χ2v) is 1.91. The van der Waals surface area contributed by atoms with Gasteiger partial charge in [-0.3, -0.25) is 0 Å². The molecule has 47 valence electrons. The van der Waals surface area contributed by atoms with Crippen LogP contribution in [0.25, 0.3) is 0 Å². The monoisotopic (exact) mass is 143 g/mol. The Hall–Kier alpha value is -0.560. The van der Waals surface area contributed by atoms with Gasteiger partial charge in [-0.25, -0.2) is 4.39 Å². The van der Waals surface area contributed by atoms with E-state index in [-0.39, 0.29) is 11.7 Å². The van der Waals surface area contributed by atoms with Crippen LogP contribution >= 0.6 is 11.6 Å². The maximum atomic E-state index is 12.4. The van der Waals surface area contributed by atoms with Crippen LogP contribution in [-0.4, -0.2) is 0 Å². The van der Waals surface area contributed by atoms with Crippen molar-refractivity contribution < 1.29 is 4.39 Å². The van der Waals surface area contributed by atoms with Crippen LogP contribution < -0.4 is 0 Å². The van der Waals surface area contributed by atoms with Crippen molar-refractivity contribution >= 4 is 11.6 Å². The summed E-state index contributed by atoms with van der Waals surface area (Å²) in [6.07, 6.45) is 0. The quantitative estimate of drug-likeness (QED) is 0.530. The lowest BCUT2D eigenvalue weighted by atomic mass is 10.2. The predicted molar refractivity (Wildman–Crippen MR) is 34.8 cm³/mol. The van der Waals surface area contributed by atoms with Crippen molar-refractivity contribution in [2.45, 2.75) is 5.88 Å². The fourth-order valence-corrected chi connectivity index (χ4v) is 0.761. The second-order valence-electron chi connectivity index (χ2n) is 1.64. The van der Waals surface area contributed by atoms with E-state index in [1.54, 1.807) is 12.1 Å². The molecular formula is C7H5ClF. The number of hydrogen-bond donors (Lipinski definition) is 0. The van der Waals surface area contributed by atoms with Gasteiger partial charge in [-0.1, -0.05) is 18.2 Å². The topological polar surface area (TPSA) is 0 Å². The van der Waals surface area contributed by atoms with E-state index in [0.717, 1.165) is 0 Å². The lowest BCUT2D eigenvalue weighted by Crippen LogP contribution is -1.82. The average molecular weight is 144 g/mol. The summed E-state index contributed by atoms with van der Waals surface area (Å²) in [5.41, 5.74) is 0.499. The van der Waals surface area contributed by atoms with E-state index >= 15 is 0 Å². The fourth-order valence-electron chi connectivity index (χ4n) is 0.555. The van der Waals surface area contributed by atoms with Crippen LogP contribution in [0.3, 0.4) is 0 Å². The minimum Gasteiger partial charge on any atom is -0.206 e.